The zero-order valence-electron chi connectivity index (χ0n) is 12.1. The van der Waals surface area contributed by atoms with Gasteiger partial charge in [-0.3, -0.25) is 4.99 Å². The molecule has 1 aromatic rings. The Balaban J connectivity index is 2.65. The van der Waals surface area contributed by atoms with Gasteiger partial charge in [0, 0.05) is 12.4 Å². The monoisotopic (exact) mass is 270 g/mol. The van der Waals surface area contributed by atoms with Crippen molar-refractivity contribution in [3.8, 4) is 0 Å². The van der Waals surface area contributed by atoms with Crippen LogP contribution in [0.3, 0.4) is 0 Å². The lowest BCUT2D eigenvalue weighted by molar-refractivity contribution is -0.149. The van der Waals surface area contributed by atoms with Crippen LogP contribution in [0.4, 0.5) is 0 Å². The van der Waals surface area contributed by atoms with Crippen LogP contribution < -0.4 is 11.2 Å². The van der Waals surface area contributed by atoms with Gasteiger partial charge in [-0.1, -0.05) is 29.7 Å². The fourth-order valence-electron chi connectivity index (χ4n) is 1.44. The van der Waals surface area contributed by atoms with E-state index in [0.717, 1.165) is 5.56 Å². The molecule has 0 aliphatic rings. The van der Waals surface area contributed by atoms with Gasteiger partial charge in [-0.25, -0.2) is 4.79 Å². The van der Waals surface area contributed by atoms with Crippen LogP contribution >= 0.6 is 0 Å². The van der Waals surface area contributed by atoms with Gasteiger partial charge in [-0.2, -0.15) is 0 Å². The van der Waals surface area contributed by atoms with Crippen LogP contribution in [0, 0.1) is 0 Å². The Hall–Kier alpha value is -2.04. The summed E-state index contributed by atoms with van der Waals surface area (Å²) in [5, 5.41) is 0. The van der Waals surface area contributed by atoms with Gasteiger partial charge in [0.15, 0.2) is 0 Å². The minimum absolute atomic E-state index is 0.226. The Labute approximate surface area is 121 Å². The molecule has 4 nitrogen and oxygen atoms in total. The second kappa shape index (κ2) is 6.94. The average molecular weight is 270 g/mol. The topological polar surface area (TPSA) is 64.7 Å². The highest BCUT2D eigenvalue weighted by Gasteiger charge is 2.18. The summed E-state index contributed by atoms with van der Waals surface area (Å²) in [6, 6.07) is 7.40. The summed E-state index contributed by atoms with van der Waals surface area (Å²) in [6.45, 7) is 5.81. The van der Waals surface area contributed by atoms with Crippen molar-refractivity contribution in [1.82, 2.24) is 0 Å². The standard InChI is InChI=1S/C15H19BN2O2/c1-15(2,3)20-14(19)12(8-17)10-18-9-11-5-4-6-13(16)7-11/h4-8,10H,9,17H2,1-3H3/b12-8+,18-10?. The molecule has 0 atom stereocenters. The third-order valence-electron chi connectivity index (χ3n) is 2.27. The van der Waals surface area contributed by atoms with Gasteiger partial charge in [0.2, 0.25) is 0 Å². The molecule has 1 rings (SSSR count). The van der Waals surface area contributed by atoms with Crippen molar-refractivity contribution in [3.63, 3.8) is 0 Å². The zero-order valence-corrected chi connectivity index (χ0v) is 12.1. The molecule has 0 heterocycles. The van der Waals surface area contributed by atoms with E-state index in [2.05, 4.69) is 4.99 Å². The molecule has 2 radical (unpaired) electrons. The predicted octanol–water partition coefficient (Wildman–Crippen LogP) is 1.24. The van der Waals surface area contributed by atoms with Crippen molar-refractivity contribution in [2.24, 2.45) is 10.7 Å². The van der Waals surface area contributed by atoms with E-state index in [1.807, 2.05) is 18.2 Å². The SMILES string of the molecule is [B]c1cccc(CN=C/C(=C\N)C(=O)OC(C)(C)C)c1. The third kappa shape index (κ3) is 5.74. The van der Waals surface area contributed by atoms with E-state index in [0.29, 0.717) is 12.0 Å². The number of aliphatic imine (C=N–C) groups is 1. The summed E-state index contributed by atoms with van der Waals surface area (Å²) in [7, 11) is 5.68. The second-order valence-corrected chi connectivity index (χ2v) is 5.34. The maximum atomic E-state index is 11.8. The van der Waals surface area contributed by atoms with Gasteiger partial charge < -0.3 is 10.5 Å². The van der Waals surface area contributed by atoms with E-state index < -0.39 is 11.6 Å². The minimum atomic E-state index is -0.562. The molecule has 0 saturated heterocycles. The molecule has 0 fully saturated rings. The Morgan fingerprint density at radius 2 is 2.15 bits per heavy atom. The molecule has 0 aromatic heterocycles. The summed E-state index contributed by atoms with van der Waals surface area (Å²) in [5.41, 5.74) is 6.73. The lowest BCUT2D eigenvalue weighted by Gasteiger charge is -2.19. The summed E-state index contributed by atoms with van der Waals surface area (Å²) in [5.74, 6) is -0.490. The Morgan fingerprint density at radius 1 is 1.45 bits per heavy atom. The van der Waals surface area contributed by atoms with Gasteiger partial charge in [0.1, 0.15) is 13.4 Å². The molecule has 0 aliphatic heterocycles. The number of hydrogen-bond donors (Lipinski definition) is 1. The number of carbonyl (C=O) groups is 1. The Bertz CT molecular complexity index is 531. The smallest absolute Gasteiger partial charge is 0.341 e. The van der Waals surface area contributed by atoms with Crippen LogP contribution in [0.15, 0.2) is 41.0 Å². The fourth-order valence-corrected chi connectivity index (χ4v) is 1.44. The second-order valence-electron chi connectivity index (χ2n) is 5.34. The van der Waals surface area contributed by atoms with Crippen LogP contribution in [0.2, 0.25) is 0 Å². The highest BCUT2D eigenvalue weighted by molar-refractivity contribution is 6.32. The number of nitrogens with two attached hydrogens (primary N) is 1. The molecule has 0 saturated carbocycles. The Morgan fingerprint density at radius 3 is 2.70 bits per heavy atom. The molecule has 0 spiro atoms. The van der Waals surface area contributed by atoms with Crippen molar-refractivity contribution in [1.29, 1.82) is 0 Å². The maximum absolute atomic E-state index is 11.8. The third-order valence-corrected chi connectivity index (χ3v) is 2.27. The molecular formula is C15H19BN2O2. The lowest BCUT2D eigenvalue weighted by Crippen LogP contribution is -2.25. The quantitative estimate of drug-likeness (QED) is 0.387. The van der Waals surface area contributed by atoms with E-state index in [4.69, 9.17) is 18.3 Å². The van der Waals surface area contributed by atoms with E-state index in [1.54, 1.807) is 26.8 Å². The first-order valence-electron chi connectivity index (χ1n) is 6.31. The molecule has 1 aromatic carbocycles. The fraction of sp³-hybridized carbons (Fsp3) is 0.333. The number of esters is 1. The van der Waals surface area contributed by atoms with Crippen LogP contribution in [-0.2, 0) is 16.1 Å². The number of hydrogen-bond acceptors (Lipinski definition) is 4. The van der Waals surface area contributed by atoms with E-state index in [9.17, 15) is 4.79 Å². The molecule has 0 amide bonds. The number of benzene rings is 1. The highest BCUT2D eigenvalue weighted by atomic mass is 16.6. The summed E-state index contributed by atoms with van der Waals surface area (Å²) >= 11 is 0. The van der Waals surface area contributed by atoms with Crippen LogP contribution in [-0.4, -0.2) is 25.6 Å². The average Bonchev–Trinajstić information content (AvgIpc) is 2.32. The molecular weight excluding hydrogens is 251 g/mol. The van der Waals surface area contributed by atoms with Gasteiger partial charge >= 0.3 is 5.97 Å². The summed E-state index contributed by atoms with van der Waals surface area (Å²) in [6.07, 6.45) is 2.61. The first kappa shape index (κ1) is 16.0. The first-order chi connectivity index (χ1) is 9.31. The molecule has 0 unspecified atom stereocenters. The maximum Gasteiger partial charge on any atom is 0.341 e. The largest absolute Gasteiger partial charge is 0.456 e. The predicted molar refractivity (Wildman–Crippen MR) is 82.1 cm³/mol. The van der Waals surface area contributed by atoms with Gasteiger partial charge in [-0.15, -0.1) is 0 Å². The normalized spacial score (nSPS) is 12.7. The van der Waals surface area contributed by atoms with Gasteiger partial charge in [0.25, 0.3) is 0 Å². The molecule has 5 heteroatoms. The van der Waals surface area contributed by atoms with Crippen molar-refractivity contribution < 1.29 is 9.53 Å². The van der Waals surface area contributed by atoms with Crippen LogP contribution in [0.5, 0.6) is 0 Å². The zero-order chi connectivity index (χ0) is 15.2. The number of carbonyl (C=O) groups excluding carboxylic acids is 1. The van der Waals surface area contributed by atoms with Crippen molar-refractivity contribution in [3.05, 3.63) is 41.6 Å². The van der Waals surface area contributed by atoms with E-state index >= 15 is 0 Å². The van der Waals surface area contributed by atoms with Gasteiger partial charge in [0.05, 0.1) is 12.1 Å². The molecule has 2 N–H and O–H groups in total. The minimum Gasteiger partial charge on any atom is -0.456 e. The first-order valence-corrected chi connectivity index (χ1v) is 6.31. The summed E-state index contributed by atoms with van der Waals surface area (Å²) in [4.78, 5) is 16.0. The van der Waals surface area contributed by atoms with E-state index in [1.165, 1.54) is 12.4 Å². The summed E-state index contributed by atoms with van der Waals surface area (Å²) < 4.78 is 5.21. The van der Waals surface area contributed by atoms with Crippen LogP contribution in [0.1, 0.15) is 26.3 Å². The molecule has 0 bridgehead atoms. The Kier molecular flexibility index (Phi) is 5.56. The highest BCUT2D eigenvalue weighted by Crippen LogP contribution is 2.10. The van der Waals surface area contributed by atoms with Crippen molar-refractivity contribution in [2.75, 3.05) is 0 Å². The molecule has 104 valence electrons. The molecule has 0 aliphatic carbocycles. The number of ether oxygens (including phenoxy) is 1. The van der Waals surface area contributed by atoms with Crippen molar-refractivity contribution >= 4 is 25.5 Å². The van der Waals surface area contributed by atoms with Gasteiger partial charge in [-0.05, 0) is 26.3 Å². The lowest BCUT2D eigenvalue weighted by atomic mass is 9.94. The van der Waals surface area contributed by atoms with Crippen LogP contribution in [0.25, 0.3) is 0 Å². The number of nitrogens with zero attached hydrogens (tertiary/aromatic N) is 1. The number of rotatable bonds is 4. The van der Waals surface area contributed by atoms with Crippen molar-refractivity contribution in [2.45, 2.75) is 32.9 Å². The molecule has 20 heavy (non-hydrogen) atoms. The van der Waals surface area contributed by atoms with E-state index in [-0.39, 0.29) is 5.57 Å².